The van der Waals surface area contributed by atoms with Crippen molar-refractivity contribution in [2.24, 2.45) is 5.92 Å². The minimum Gasteiger partial charge on any atom is -0.497 e. The van der Waals surface area contributed by atoms with Crippen molar-refractivity contribution in [3.05, 3.63) is 24.3 Å². The second-order valence-electron chi connectivity index (χ2n) is 7.22. The molecule has 3 fully saturated rings. The molecule has 2 aliphatic heterocycles. The van der Waals surface area contributed by atoms with Gasteiger partial charge in [-0.05, 0) is 62.3 Å². The molecule has 2 heterocycles. The predicted octanol–water partition coefficient (Wildman–Crippen LogP) is 2.27. The molecule has 7 heteroatoms. The van der Waals surface area contributed by atoms with Gasteiger partial charge in [0.2, 0.25) is 0 Å². The number of rotatable bonds is 6. The molecule has 1 aliphatic carbocycles. The van der Waals surface area contributed by atoms with Crippen LogP contribution in [-0.4, -0.2) is 55.9 Å². The second kappa shape index (κ2) is 6.78. The number of hydrogen-bond acceptors (Lipinski definition) is 4. The van der Waals surface area contributed by atoms with E-state index in [1.165, 1.54) is 0 Å². The Bertz CT molecular complexity index is 700. The monoisotopic (exact) mass is 366 g/mol. The van der Waals surface area contributed by atoms with Crippen LogP contribution in [0.2, 0.25) is 0 Å². The third kappa shape index (κ3) is 3.13. The minimum atomic E-state index is -3.37. The fourth-order valence-electron chi connectivity index (χ4n) is 4.53. The van der Waals surface area contributed by atoms with Crippen molar-refractivity contribution in [3.8, 4) is 11.5 Å². The molecule has 3 aliphatic rings. The summed E-state index contributed by atoms with van der Waals surface area (Å²) in [6.45, 7) is 1.73. The van der Waals surface area contributed by atoms with Crippen molar-refractivity contribution in [3.63, 3.8) is 0 Å². The highest BCUT2D eigenvalue weighted by Crippen LogP contribution is 2.45. The molecule has 138 valence electrons. The third-order valence-corrected chi connectivity index (χ3v) is 7.93. The lowest BCUT2D eigenvalue weighted by Crippen LogP contribution is -2.52. The molecule has 6 nitrogen and oxygen atoms in total. The average Bonchev–Trinajstić information content (AvgIpc) is 3.36. The summed E-state index contributed by atoms with van der Waals surface area (Å²) in [6, 6.07) is 7.55. The highest BCUT2D eigenvalue weighted by atomic mass is 32.2. The first kappa shape index (κ1) is 17.1. The van der Waals surface area contributed by atoms with Gasteiger partial charge in [0.1, 0.15) is 18.1 Å². The van der Waals surface area contributed by atoms with E-state index in [9.17, 15) is 8.42 Å². The van der Waals surface area contributed by atoms with E-state index < -0.39 is 10.2 Å². The van der Waals surface area contributed by atoms with Crippen LogP contribution in [0.25, 0.3) is 0 Å². The van der Waals surface area contributed by atoms with Crippen molar-refractivity contribution < 1.29 is 17.9 Å². The van der Waals surface area contributed by atoms with Crippen molar-refractivity contribution in [2.75, 3.05) is 26.8 Å². The van der Waals surface area contributed by atoms with Crippen LogP contribution in [0, 0.1) is 5.92 Å². The first-order valence-corrected chi connectivity index (χ1v) is 10.5. The maximum atomic E-state index is 13.1. The molecule has 0 aromatic heterocycles. The largest absolute Gasteiger partial charge is 0.497 e. The topological polar surface area (TPSA) is 59.1 Å². The van der Waals surface area contributed by atoms with E-state index in [2.05, 4.69) is 0 Å². The van der Waals surface area contributed by atoms with Crippen molar-refractivity contribution in [1.29, 1.82) is 0 Å². The van der Waals surface area contributed by atoms with E-state index in [1.807, 2.05) is 24.3 Å². The summed E-state index contributed by atoms with van der Waals surface area (Å²) in [7, 11) is -1.74. The maximum absolute atomic E-state index is 13.1. The number of ether oxygens (including phenoxy) is 2. The standard InChI is InChI=1S/C18H26N2O4S/c1-23-16-6-8-17(9-7-16)24-13-18-14-4-5-15(12-14)20(18)25(21,22)19-10-2-3-11-19/h6-9,14-15,18H,2-5,10-13H2,1H3/t14?,15?,18-/m1/s1. The molecule has 0 spiro atoms. The zero-order valence-corrected chi connectivity index (χ0v) is 15.5. The van der Waals surface area contributed by atoms with Crippen LogP contribution in [0.4, 0.5) is 0 Å². The Kier molecular flexibility index (Phi) is 4.64. The lowest BCUT2D eigenvalue weighted by molar-refractivity contribution is 0.156. The summed E-state index contributed by atoms with van der Waals surface area (Å²) in [5.41, 5.74) is 0. The predicted molar refractivity (Wildman–Crippen MR) is 95.0 cm³/mol. The summed E-state index contributed by atoms with van der Waals surface area (Å²) < 4.78 is 40.8. The molecule has 2 unspecified atom stereocenters. The molecule has 0 N–H and O–H groups in total. The normalized spacial score (nSPS) is 30.0. The van der Waals surface area contributed by atoms with Gasteiger partial charge in [-0.1, -0.05) is 0 Å². The van der Waals surface area contributed by atoms with E-state index in [4.69, 9.17) is 9.47 Å². The van der Waals surface area contributed by atoms with Gasteiger partial charge >= 0.3 is 0 Å². The lowest BCUT2D eigenvalue weighted by Gasteiger charge is -2.36. The highest BCUT2D eigenvalue weighted by molar-refractivity contribution is 7.86. The highest BCUT2D eigenvalue weighted by Gasteiger charge is 2.53. The van der Waals surface area contributed by atoms with Crippen LogP contribution in [-0.2, 0) is 10.2 Å². The van der Waals surface area contributed by atoms with Gasteiger partial charge in [0.25, 0.3) is 10.2 Å². The molecular weight excluding hydrogens is 340 g/mol. The van der Waals surface area contributed by atoms with Gasteiger partial charge in [-0.3, -0.25) is 0 Å². The number of methoxy groups -OCH3 is 1. The molecule has 1 saturated carbocycles. The van der Waals surface area contributed by atoms with Crippen LogP contribution in [0.15, 0.2) is 24.3 Å². The Hall–Kier alpha value is -1.31. The zero-order valence-electron chi connectivity index (χ0n) is 14.6. The SMILES string of the molecule is COc1ccc(OC[C@@H]2C3CCC(C3)N2S(=O)(=O)N2CCCC2)cc1. The van der Waals surface area contributed by atoms with Gasteiger partial charge in [0, 0.05) is 19.1 Å². The fraction of sp³-hybridized carbons (Fsp3) is 0.667. The summed E-state index contributed by atoms with van der Waals surface area (Å²) in [5.74, 6) is 1.95. The second-order valence-corrected chi connectivity index (χ2v) is 9.06. The van der Waals surface area contributed by atoms with E-state index >= 15 is 0 Å². The smallest absolute Gasteiger partial charge is 0.282 e. The number of nitrogens with zero attached hydrogens (tertiary/aromatic N) is 2. The maximum Gasteiger partial charge on any atom is 0.282 e. The van der Waals surface area contributed by atoms with Gasteiger partial charge in [-0.2, -0.15) is 17.0 Å². The Balaban J connectivity index is 1.48. The molecule has 1 aromatic rings. The zero-order chi connectivity index (χ0) is 17.4. The molecule has 3 atom stereocenters. The van der Waals surface area contributed by atoms with Gasteiger partial charge in [0.05, 0.1) is 13.2 Å². The third-order valence-electron chi connectivity index (χ3n) is 5.81. The molecule has 0 amide bonds. The Morgan fingerprint density at radius 1 is 1.08 bits per heavy atom. The van der Waals surface area contributed by atoms with Crippen LogP contribution in [0.5, 0.6) is 11.5 Å². The van der Waals surface area contributed by atoms with Crippen molar-refractivity contribution in [2.45, 2.75) is 44.2 Å². The number of fused-ring (bicyclic) bond motifs is 2. The Morgan fingerprint density at radius 2 is 1.76 bits per heavy atom. The molecular formula is C18H26N2O4S. The molecule has 2 saturated heterocycles. The van der Waals surface area contributed by atoms with Gasteiger partial charge < -0.3 is 9.47 Å². The van der Waals surface area contributed by atoms with Gasteiger partial charge in [-0.15, -0.1) is 0 Å². The fourth-order valence-corrected chi connectivity index (χ4v) is 6.66. The summed E-state index contributed by atoms with van der Waals surface area (Å²) in [6.07, 6.45) is 5.00. The average molecular weight is 366 g/mol. The van der Waals surface area contributed by atoms with Crippen LogP contribution < -0.4 is 9.47 Å². The van der Waals surface area contributed by atoms with Gasteiger partial charge in [0.15, 0.2) is 0 Å². The molecule has 1 aromatic carbocycles. The van der Waals surface area contributed by atoms with Gasteiger partial charge in [-0.25, -0.2) is 0 Å². The molecule has 25 heavy (non-hydrogen) atoms. The molecule has 4 rings (SSSR count). The first-order chi connectivity index (χ1) is 12.1. The lowest BCUT2D eigenvalue weighted by atomic mass is 10.0. The van der Waals surface area contributed by atoms with Crippen LogP contribution in [0.1, 0.15) is 32.1 Å². The quantitative estimate of drug-likeness (QED) is 0.775. The molecule has 2 bridgehead atoms. The van der Waals surface area contributed by atoms with Crippen molar-refractivity contribution in [1.82, 2.24) is 8.61 Å². The van der Waals surface area contributed by atoms with E-state index in [1.54, 1.807) is 15.7 Å². The number of piperidine rings is 1. The summed E-state index contributed by atoms with van der Waals surface area (Å²) >= 11 is 0. The van der Waals surface area contributed by atoms with Crippen LogP contribution >= 0.6 is 0 Å². The first-order valence-electron chi connectivity index (χ1n) is 9.15. The van der Waals surface area contributed by atoms with E-state index in [0.29, 0.717) is 25.6 Å². The van der Waals surface area contributed by atoms with E-state index in [-0.39, 0.29) is 12.1 Å². The molecule has 0 radical (unpaired) electrons. The number of benzene rings is 1. The summed E-state index contributed by atoms with van der Waals surface area (Å²) in [4.78, 5) is 0. The number of hydrogen-bond donors (Lipinski definition) is 0. The van der Waals surface area contributed by atoms with Crippen molar-refractivity contribution >= 4 is 10.2 Å². The minimum absolute atomic E-state index is 0.0496. The van der Waals surface area contributed by atoms with E-state index in [0.717, 1.165) is 43.6 Å². The van der Waals surface area contributed by atoms with Crippen LogP contribution in [0.3, 0.4) is 0 Å². The summed E-state index contributed by atoms with van der Waals surface area (Å²) in [5, 5.41) is 0. The Morgan fingerprint density at radius 3 is 2.44 bits per heavy atom. The Labute approximate surface area is 149 Å².